The molecule has 0 bridgehead atoms. The molecule has 0 saturated carbocycles. The third-order valence-corrected chi connectivity index (χ3v) is 6.56. The number of ether oxygens (including phenoxy) is 3. The van der Waals surface area contributed by atoms with Gasteiger partial charge in [0.1, 0.15) is 11.4 Å². The molecule has 11 nitrogen and oxygen atoms in total. The molecule has 0 spiro atoms. The number of carbonyl (C=O) groups is 3. The number of nitrogens with one attached hydrogen (secondary N) is 2. The van der Waals surface area contributed by atoms with Gasteiger partial charge in [0.25, 0.3) is 11.5 Å². The number of amides is 1. The SMILES string of the molecule is COc1ccc(CNC(=O)c2ccc3[nH]c(=O)n(C(C)c4ccc(C(=O)OCC(=O)OC(C)(C)C)cc4)c(=O)c3c2)cc1. The number of carbonyl (C=O) groups excluding carboxylic acids is 3. The fourth-order valence-electron chi connectivity index (χ4n) is 4.37. The normalized spacial score (nSPS) is 11.9. The van der Waals surface area contributed by atoms with Crippen LogP contribution in [0.3, 0.4) is 0 Å². The standard InChI is InChI=1S/C32H33N3O8/c1-19(21-8-10-22(11-9-21)30(39)42-18-27(36)43-32(2,3)4)35-29(38)25-16-23(12-15-26(25)34-31(35)40)28(37)33-17-20-6-13-24(41-5)14-7-20/h6-16,19H,17-18H2,1-5H3,(H,33,37)(H,34,40). The van der Waals surface area contributed by atoms with Crippen LogP contribution in [-0.4, -0.2) is 46.7 Å². The number of aromatic nitrogens is 2. The number of hydrogen-bond acceptors (Lipinski definition) is 8. The lowest BCUT2D eigenvalue weighted by atomic mass is 10.1. The first-order chi connectivity index (χ1) is 20.4. The highest BCUT2D eigenvalue weighted by Crippen LogP contribution is 2.18. The maximum atomic E-state index is 13.5. The summed E-state index contributed by atoms with van der Waals surface area (Å²) in [6.07, 6.45) is 0. The molecule has 224 valence electrons. The lowest BCUT2D eigenvalue weighted by Gasteiger charge is -2.19. The number of rotatable bonds is 9. The molecular weight excluding hydrogens is 554 g/mol. The van der Waals surface area contributed by atoms with Crippen molar-refractivity contribution in [1.29, 1.82) is 0 Å². The quantitative estimate of drug-likeness (QED) is 0.282. The zero-order valence-corrected chi connectivity index (χ0v) is 24.6. The smallest absolute Gasteiger partial charge is 0.344 e. The lowest BCUT2D eigenvalue weighted by Crippen LogP contribution is -2.37. The van der Waals surface area contributed by atoms with E-state index in [9.17, 15) is 24.0 Å². The second kappa shape index (κ2) is 12.8. The summed E-state index contributed by atoms with van der Waals surface area (Å²) in [6.45, 7) is 6.54. The molecule has 0 fully saturated rings. The summed E-state index contributed by atoms with van der Waals surface area (Å²) in [6, 6.07) is 17.2. The Morgan fingerprint density at radius 1 is 0.930 bits per heavy atom. The van der Waals surface area contributed by atoms with Crippen LogP contribution in [0.2, 0.25) is 0 Å². The van der Waals surface area contributed by atoms with E-state index in [4.69, 9.17) is 14.2 Å². The van der Waals surface area contributed by atoms with Crippen LogP contribution in [0, 0.1) is 0 Å². The Hall–Kier alpha value is -5.19. The molecule has 4 rings (SSSR count). The number of nitrogens with zero attached hydrogens (tertiary/aromatic N) is 1. The van der Waals surface area contributed by atoms with Crippen LogP contribution in [0.25, 0.3) is 10.9 Å². The van der Waals surface area contributed by atoms with Crippen molar-refractivity contribution in [1.82, 2.24) is 14.9 Å². The molecule has 43 heavy (non-hydrogen) atoms. The highest BCUT2D eigenvalue weighted by Gasteiger charge is 2.20. The topological polar surface area (TPSA) is 146 Å². The molecule has 11 heteroatoms. The van der Waals surface area contributed by atoms with Crippen LogP contribution in [0.15, 0.2) is 76.3 Å². The molecule has 1 unspecified atom stereocenters. The summed E-state index contributed by atoms with van der Waals surface area (Å²) in [5, 5.41) is 3.00. The van der Waals surface area contributed by atoms with Crippen molar-refractivity contribution in [2.75, 3.05) is 13.7 Å². The minimum atomic E-state index is -0.719. The van der Waals surface area contributed by atoms with Gasteiger partial charge in [-0.05, 0) is 81.3 Å². The number of fused-ring (bicyclic) bond motifs is 1. The third kappa shape index (κ3) is 7.56. The molecule has 4 aromatic rings. The highest BCUT2D eigenvalue weighted by molar-refractivity contribution is 5.97. The molecular formula is C32H33N3O8. The zero-order valence-electron chi connectivity index (χ0n) is 24.6. The summed E-state index contributed by atoms with van der Waals surface area (Å²) >= 11 is 0. The summed E-state index contributed by atoms with van der Waals surface area (Å²) < 4.78 is 16.4. The van der Waals surface area contributed by atoms with Gasteiger partial charge in [-0.2, -0.15) is 0 Å². The van der Waals surface area contributed by atoms with Crippen LogP contribution in [0.5, 0.6) is 5.75 Å². The van der Waals surface area contributed by atoms with Crippen LogP contribution >= 0.6 is 0 Å². The zero-order chi connectivity index (χ0) is 31.3. The van der Waals surface area contributed by atoms with Gasteiger partial charge >= 0.3 is 17.6 Å². The molecule has 3 aromatic carbocycles. The van der Waals surface area contributed by atoms with E-state index < -0.39 is 41.4 Å². The van der Waals surface area contributed by atoms with E-state index in [1.807, 2.05) is 12.1 Å². The Labute approximate surface area is 247 Å². The van der Waals surface area contributed by atoms with Crippen molar-refractivity contribution >= 4 is 28.7 Å². The molecule has 0 saturated heterocycles. The van der Waals surface area contributed by atoms with Gasteiger partial charge in [-0.25, -0.2) is 14.4 Å². The maximum Gasteiger partial charge on any atom is 0.344 e. The summed E-state index contributed by atoms with van der Waals surface area (Å²) in [5.74, 6) is -1.06. The van der Waals surface area contributed by atoms with Gasteiger partial charge in [-0.1, -0.05) is 24.3 Å². The fourth-order valence-corrected chi connectivity index (χ4v) is 4.37. The molecule has 0 aliphatic carbocycles. The molecule has 0 aliphatic heterocycles. The number of aromatic amines is 1. The van der Waals surface area contributed by atoms with Crippen molar-refractivity contribution in [3.63, 3.8) is 0 Å². The van der Waals surface area contributed by atoms with E-state index in [0.717, 1.165) is 10.1 Å². The largest absolute Gasteiger partial charge is 0.497 e. The summed E-state index contributed by atoms with van der Waals surface area (Å²) in [4.78, 5) is 66.2. The monoisotopic (exact) mass is 587 g/mol. The number of hydrogen-bond donors (Lipinski definition) is 2. The van der Waals surface area contributed by atoms with Gasteiger partial charge in [0.15, 0.2) is 6.61 Å². The van der Waals surface area contributed by atoms with E-state index >= 15 is 0 Å². The van der Waals surface area contributed by atoms with Crippen molar-refractivity contribution in [2.24, 2.45) is 0 Å². The molecule has 1 heterocycles. The highest BCUT2D eigenvalue weighted by atomic mass is 16.6. The van der Waals surface area contributed by atoms with Gasteiger partial charge in [-0.3, -0.25) is 14.2 Å². The van der Waals surface area contributed by atoms with Crippen LogP contribution in [0.1, 0.15) is 65.6 Å². The predicted octanol–water partition coefficient (Wildman–Crippen LogP) is 3.74. The van der Waals surface area contributed by atoms with Crippen molar-refractivity contribution in [3.05, 3.63) is 110 Å². The number of benzene rings is 3. The molecule has 1 atom stereocenters. The first-order valence-corrected chi connectivity index (χ1v) is 13.5. The minimum Gasteiger partial charge on any atom is -0.497 e. The minimum absolute atomic E-state index is 0.172. The summed E-state index contributed by atoms with van der Waals surface area (Å²) in [7, 11) is 1.57. The van der Waals surface area contributed by atoms with Gasteiger partial charge in [0, 0.05) is 12.1 Å². The third-order valence-electron chi connectivity index (χ3n) is 6.56. The molecule has 1 amide bonds. The number of H-pyrrole nitrogens is 1. The second-order valence-corrected chi connectivity index (χ2v) is 10.9. The van der Waals surface area contributed by atoms with Crippen LogP contribution in [0.4, 0.5) is 0 Å². The van der Waals surface area contributed by atoms with Gasteiger partial charge in [0.05, 0.1) is 29.6 Å². The molecule has 0 radical (unpaired) electrons. The van der Waals surface area contributed by atoms with Gasteiger partial charge < -0.3 is 24.5 Å². The first-order valence-electron chi connectivity index (χ1n) is 13.5. The van der Waals surface area contributed by atoms with E-state index in [2.05, 4.69) is 10.3 Å². The van der Waals surface area contributed by atoms with Gasteiger partial charge in [0.2, 0.25) is 0 Å². The Bertz CT molecular complexity index is 1760. The van der Waals surface area contributed by atoms with Gasteiger partial charge in [-0.15, -0.1) is 0 Å². The van der Waals surface area contributed by atoms with E-state index in [1.165, 1.54) is 30.3 Å². The lowest BCUT2D eigenvalue weighted by molar-refractivity contribution is -0.158. The Morgan fingerprint density at radius 3 is 2.21 bits per heavy atom. The summed E-state index contributed by atoms with van der Waals surface area (Å²) in [5.41, 5.74) is 0.295. The molecule has 0 aliphatic rings. The average molecular weight is 588 g/mol. The predicted molar refractivity (Wildman–Crippen MR) is 159 cm³/mol. The van der Waals surface area contributed by atoms with E-state index in [-0.39, 0.29) is 29.0 Å². The fraction of sp³-hybridized carbons (Fsp3) is 0.281. The van der Waals surface area contributed by atoms with E-state index in [1.54, 1.807) is 59.1 Å². The first kappa shape index (κ1) is 30.8. The average Bonchev–Trinajstić information content (AvgIpc) is 2.98. The number of esters is 2. The Morgan fingerprint density at radius 2 is 1.58 bits per heavy atom. The second-order valence-electron chi connectivity index (χ2n) is 10.9. The van der Waals surface area contributed by atoms with Crippen LogP contribution in [-0.2, 0) is 20.8 Å². The van der Waals surface area contributed by atoms with E-state index in [0.29, 0.717) is 16.8 Å². The van der Waals surface area contributed by atoms with Crippen LogP contribution < -0.4 is 21.3 Å². The maximum absolute atomic E-state index is 13.5. The Kier molecular flexibility index (Phi) is 9.13. The molecule has 2 N–H and O–H groups in total. The van der Waals surface area contributed by atoms with Crippen molar-refractivity contribution < 1.29 is 28.6 Å². The van der Waals surface area contributed by atoms with Crippen molar-refractivity contribution in [2.45, 2.75) is 45.9 Å². The number of methoxy groups -OCH3 is 1. The van der Waals surface area contributed by atoms with Crippen molar-refractivity contribution in [3.8, 4) is 5.75 Å². The Balaban J connectivity index is 1.50. The molecule has 1 aromatic heterocycles.